The molecule has 0 spiro atoms. The molecule has 1 N–H and O–H groups in total. The molecule has 0 bridgehead atoms. The second kappa shape index (κ2) is 8.20. The molecule has 0 aliphatic carbocycles. The lowest BCUT2D eigenvalue weighted by Crippen LogP contribution is -2.50. The van der Waals surface area contributed by atoms with E-state index in [1.165, 1.54) is 0 Å². The minimum atomic E-state index is -0.0451. The van der Waals surface area contributed by atoms with E-state index in [0.29, 0.717) is 18.7 Å². The summed E-state index contributed by atoms with van der Waals surface area (Å²) in [5, 5.41) is 2.97. The van der Waals surface area contributed by atoms with Gasteiger partial charge in [-0.3, -0.25) is 0 Å². The Bertz CT molecular complexity index is 503. The first-order valence-electron chi connectivity index (χ1n) is 8.55. The van der Waals surface area contributed by atoms with E-state index >= 15 is 0 Å². The highest BCUT2D eigenvalue weighted by atomic mass is 16.5. The molecule has 5 nitrogen and oxygen atoms in total. The smallest absolute Gasteiger partial charge is 0.321 e. The molecule has 1 heterocycles. The summed E-state index contributed by atoms with van der Waals surface area (Å²) in [6.45, 7) is 9.17. The van der Waals surface area contributed by atoms with E-state index in [-0.39, 0.29) is 6.03 Å². The second-order valence-electron chi connectivity index (χ2n) is 6.15. The van der Waals surface area contributed by atoms with Gasteiger partial charge in [-0.15, -0.1) is 0 Å². The number of benzene rings is 1. The average Bonchev–Trinajstić information content (AvgIpc) is 2.56. The van der Waals surface area contributed by atoms with Crippen LogP contribution in [0.2, 0.25) is 0 Å². The number of nitrogens with zero attached hydrogens (tertiary/aromatic N) is 2. The molecule has 2 rings (SSSR count). The van der Waals surface area contributed by atoms with Gasteiger partial charge in [-0.2, -0.15) is 0 Å². The van der Waals surface area contributed by atoms with Gasteiger partial charge in [0.25, 0.3) is 0 Å². The van der Waals surface area contributed by atoms with Crippen molar-refractivity contribution in [3.8, 4) is 5.75 Å². The molecule has 1 saturated heterocycles. The highest BCUT2D eigenvalue weighted by Gasteiger charge is 2.29. The van der Waals surface area contributed by atoms with Gasteiger partial charge in [0.2, 0.25) is 0 Å². The molecule has 23 heavy (non-hydrogen) atoms. The summed E-state index contributed by atoms with van der Waals surface area (Å²) >= 11 is 0. The molecule has 1 aromatic carbocycles. The predicted octanol–water partition coefficient (Wildman–Crippen LogP) is 3.42. The highest BCUT2D eigenvalue weighted by molar-refractivity contribution is 5.89. The van der Waals surface area contributed by atoms with Crippen LogP contribution in [0.5, 0.6) is 5.75 Å². The van der Waals surface area contributed by atoms with Crippen molar-refractivity contribution >= 4 is 11.7 Å². The molecule has 1 aliphatic rings. The molecule has 1 aliphatic heterocycles. The zero-order valence-corrected chi connectivity index (χ0v) is 14.7. The van der Waals surface area contributed by atoms with E-state index in [0.717, 1.165) is 37.4 Å². The number of carbonyl (C=O) groups is 1. The first kappa shape index (κ1) is 17.6. The molecule has 0 unspecified atom stereocenters. The Labute approximate surface area is 139 Å². The lowest BCUT2D eigenvalue weighted by Gasteiger charge is -2.40. The van der Waals surface area contributed by atoms with E-state index in [1.54, 1.807) is 0 Å². The Kier molecular flexibility index (Phi) is 6.28. The number of carbonyl (C=O) groups excluding carboxylic acids is 1. The van der Waals surface area contributed by atoms with Crippen molar-refractivity contribution in [2.24, 2.45) is 0 Å². The van der Waals surface area contributed by atoms with Gasteiger partial charge in [0.05, 0.1) is 6.61 Å². The Morgan fingerprint density at radius 3 is 2.61 bits per heavy atom. The number of hydrogen-bond donors (Lipinski definition) is 1. The zero-order valence-electron chi connectivity index (χ0n) is 14.7. The van der Waals surface area contributed by atoms with Crippen LogP contribution in [-0.4, -0.2) is 54.7 Å². The van der Waals surface area contributed by atoms with Crippen LogP contribution in [0, 0.1) is 0 Å². The molecule has 1 aromatic rings. The molecular formula is C18H29N3O2. The van der Waals surface area contributed by atoms with Crippen LogP contribution in [0.15, 0.2) is 24.3 Å². The van der Waals surface area contributed by atoms with E-state index in [2.05, 4.69) is 24.1 Å². The van der Waals surface area contributed by atoms with Gasteiger partial charge in [0, 0.05) is 31.4 Å². The van der Waals surface area contributed by atoms with Crippen molar-refractivity contribution in [3.63, 3.8) is 0 Å². The average molecular weight is 319 g/mol. The van der Waals surface area contributed by atoms with Crippen LogP contribution in [-0.2, 0) is 0 Å². The molecule has 2 amide bonds. The van der Waals surface area contributed by atoms with Crippen molar-refractivity contribution in [1.82, 2.24) is 9.80 Å². The van der Waals surface area contributed by atoms with Crippen molar-refractivity contribution in [1.29, 1.82) is 0 Å². The predicted molar refractivity (Wildman–Crippen MR) is 94.1 cm³/mol. The zero-order chi connectivity index (χ0) is 16.8. The lowest BCUT2D eigenvalue weighted by atomic mass is 9.97. The van der Waals surface area contributed by atoms with E-state index in [4.69, 9.17) is 4.74 Å². The van der Waals surface area contributed by atoms with Crippen molar-refractivity contribution < 1.29 is 9.53 Å². The summed E-state index contributed by atoms with van der Waals surface area (Å²) in [4.78, 5) is 16.8. The maximum atomic E-state index is 12.5. The maximum Gasteiger partial charge on any atom is 0.321 e. The van der Waals surface area contributed by atoms with Crippen molar-refractivity contribution in [3.05, 3.63) is 24.3 Å². The number of ether oxygens (including phenoxy) is 1. The maximum absolute atomic E-state index is 12.5. The standard InChI is InChI=1S/C18H29N3O2/c1-5-21-12-11-16(13-14(21)3)20(4)18(22)19-15-7-9-17(10-8-15)23-6-2/h7-10,14,16H,5-6,11-13H2,1-4H3,(H,19,22)/t14-,16+/m1/s1. The number of rotatable bonds is 5. The quantitative estimate of drug-likeness (QED) is 0.904. The number of hydrogen-bond acceptors (Lipinski definition) is 3. The van der Waals surface area contributed by atoms with E-state index in [9.17, 15) is 4.79 Å². The Morgan fingerprint density at radius 2 is 2.04 bits per heavy atom. The minimum absolute atomic E-state index is 0.0451. The number of piperidine rings is 1. The second-order valence-corrected chi connectivity index (χ2v) is 6.15. The first-order valence-corrected chi connectivity index (χ1v) is 8.55. The normalized spacial score (nSPS) is 21.7. The van der Waals surface area contributed by atoms with Gasteiger partial charge in [0.1, 0.15) is 5.75 Å². The number of anilines is 1. The lowest BCUT2D eigenvalue weighted by molar-refractivity contribution is 0.104. The fourth-order valence-corrected chi connectivity index (χ4v) is 3.20. The van der Waals surface area contributed by atoms with Crippen molar-refractivity contribution in [2.75, 3.05) is 32.1 Å². The van der Waals surface area contributed by atoms with E-state index in [1.807, 2.05) is 43.1 Å². The molecule has 5 heteroatoms. The fraction of sp³-hybridized carbons (Fsp3) is 0.611. The third-order valence-electron chi connectivity index (χ3n) is 4.68. The van der Waals surface area contributed by atoms with Gasteiger partial charge < -0.3 is 19.9 Å². The number of nitrogens with one attached hydrogen (secondary N) is 1. The van der Waals surface area contributed by atoms with Crippen LogP contribution in [0.25, 0.3) is 0 Å². The number of likely N-dealkylation sites (tertiary alicyclic amines) is 1. The molecule has 1 fully saturated rings. The monoisotopic (exact) mass is 319 g/mol. The Balaban J connectivity index is 1.89. The van der Waals surface area contributed by atoms with Crippen LogP contribution in [0.4, 0.5) is 10.5 Å². The van der Waals surface area contributed by atoms with Crippen LogP contribution in [0.3, 0.4) is 0 Å². The first-order chi connectivity index (χ1) is 11.0. The van der Waals surface area contributed by atoms with Gasteiger partial charge in [-0.25, -0.2) is 4.79 Å². The van der Waals surface area contributed by atoms with Crippen LogP contribution < -0.4 is 10.1 Å². The van der Waals surface area contributed by atoms with Gasteiger partial charge >= 0.3 is 6.03 Å². The molecule has 128 valence electrons. The molecule has 2 atom stereocenters. The summed E-state index contributed by atoms with van der Waals surface area (Å²) in [6, 6.07) is 8.28. The fourth-order valence-electron chi connectivity index (χ4n) is 3.20. The summed E-state index contributed by atoms with van der Waals surface area (Å²) < 4.78 is 5.41. The summed E-state index contributed by atoms with van der Waals surface area (Å²) in [7, 11) is 1.89. The molecular weight excluding hydrogens is 290 g/mol. The third-order valence-corrected chi connectivity index (χ3v) is 4.68. The van der Waals surface area contributed by atoms with Gasteiger partial charge in [-0.1, -0.05) is 6.92 Å². The minimum Gasteiger partial charge on any atom is -0.494 e. The van der Waals surface area contributed by atoms with Gasteiger partial charge in [0.15, 0.2) is 0 Å². The van der Waals surface area contributed by atoms with E-state index < -0.39 is 0 Å². The molecule has 0 radical (unpaired) electrons. The summed E-state index contributed by atoms with van der Waals surface area (Å²) in [6.07, 6.45) is 2.06. The van der Waals surface area contributed by atoms with Crippen LogP contribution in [0.1, 0.15) is 33.6 Å². The van der Waals surface area contributed by atoms with Crippen LogP contribution >= 0.6 is 0 Å². The number of amides is 2. The SMILES string of the molecule is CCOc1ccc(NC(=O)N(C)[C@H]2CCN(CC)[C@H](C)C2)cc1. The summed E-state index contributed by atoms with van der Waals surface area (Å²) in [5.74, 6) is 0.819. The largest absolute Gasteiger partial charge is 0.494 e. The Morgan fingerprint density at radius 1 is 1.35 bits per heavy atom. The molecule has 0 saturated carbocycles. The van der Waals surface area contributed by atoms with Gasteiger partial charge in [-0.05, 0) is 57.5 Å². The Hall–Kier alpha value is -1.75. The molecule has 0 aromatic heterocycles. The van der Waals surface area contributed by atoms with Crippen molar-refractivity contribution in [2.45, 2.75) is 45.7 Å². The highest BCUT2D eigenvalue weighted by Crippen LogP contribution is 2.22. The third kappa shape index (κ3) is 4.61. The topological polar surface area (TPSA) is 44.8 Å². The number of urea groups is 1. The summed E-state index contributed by atoms with van der Waals surface area (Å²) in [5.41, 5.74) is 0.796.